The van der Waals surface area contributed by atoms with E-state index in [-0.39, 0.29) is 18.5 Å². The van der Waals surface area contributed by atoms with Crippen molar-refractivity contribution >= 4 is 56.9 Å². The van der Waals surface area contributed by atoms with E-state index in [0.29, 0.717) is 27.0 Å². The lowest BCUT2D eigenvalue weighted by Gasteiger charge is -1.93. The molecule has 0 amide bonds. The number of aromatic amines is 2. The molecule has 0 saturated carbocycles. The number of carbonyl (C=O) groups is 2. The van der Waals surface area contributed by atoms with Crippen molar-refractivity contribution in [3.63, 3.8) is 0 Å². The topological polar surface area (TPSA) is 144 Å². The van der Waals surface area contributed by atoms with Gasteiger partial charge in [0.1, 0.15) is 11.6 Å². The lowest BCUT2D eigenvalue weighted by Crippen LogP contribution is -2.00. The van der Waals surface area contributed by atoms with Gasteiger partial charge in [-0.05, 0) is 40.6 Å². The van der Waals surface area contributed by atoms with Crippen LogP contribution in [0.25, 0.3) is 0 Å². The van der Waals surface area contributed by atoms with Crippen LogP contribution in [0.2, 0.25) is 0 Å². The number of hydrogen-bond donors (Lipinski definition) is 4. The zero-order valence-electron chi connectivity index (χ0n) is 13.8. The number of nitrogens with two attached hydrogens (primary N) is 2. The Morgan fingerprint density at radius 2 is 1.61 bits per heavy atom. The van der Waals surface area contributed by atoms with Gasteiger partial charge in [0.25, 0.3) is 5.24 Å². The molecule has 4 aromatic rings. The van der Waals surface area contributed by atoms with Crippen molar-refractivity contribution in [2.45, 2.75) is 7.43 Å². The van der Waals surface area contributed by atoms with E-state index in [9.17, 15) is 9.59 Å². The number of anilines is 2. The second kappa shape index (κ2) is 11.7. The van der Waals surface area contributed by atoms with E-state index >= 15 is 0 Å². The summed E-state index contributed by atoms with van der Waals surface area (Å²) in [6.07, 6.45) is 3.05. The number of nitrogens with one attached hydrogen (secondary N) is 2. The van der Waals surface area contributed by atoms with E-state index in [1.54, 1.807) is 30.5 Å². The van der Waals surface area contributed by atoms with Crippen molar-refractivity contribution in [2.24, 2.45) is 0 Å². The van der Waals surface area contributed by atoms with E-state index < -0.39 is 0 Å². The van der Waals surface area contributed by atoms with Crippen LogP contribution in [0.3, 0.4) is 0 Å². The fourth-order valence-electron chi connectivity index (χ4n) is 1.67. The molecule has 0 fully saturated rings. The Hall–Kier alpha value is -2.95. The number of nitrogens with zero attached hydrogens (tertiary/aromatic N) is 2. The zero-order chi connectivity index (χ0) is 19.6. The minimum absolute atomic E-state index is 0. The van der Waals surface area contributed by atoms with Gasteiger partial charge >= 0.3 is 0 Å². The number of aromatic nitrogens is 4. The molecular weight excluding hydrogens is 420 g/mol. The van der Waals surface area contributed by atoms with Crippen LogP contribution in [0.15, 0.2) is 53.5 Å². The van der Waals surface area contributed by atoms with E-state index in [2.05, 4.69) is 20.4 Å². The Morgan fingerprint density at radius 3 is 1.93 bits per heavy atom. The first-order valence-electron chi connectivity index (χ1n) is 7.34. The normalized spacial score (nSPS) is 9.18. The molecule has 0 radical (unpaired) electrons. The lowest BCUT2D eigenvalue weighted by molar-refractivity contribution is 0.104. The van der Waals surface area contributed by atoms with Crippen LogP contribution in [-0.4, -0.2) is 31.4 Å². The van der Waals surface area contributed by atoms with Crippen molar-refractivity contribution in [1.29, 1.82) is 0 Å². The summed E-state index contributed by atoms with van der Waals surface area (Å²) in [5, 5.41) is 15.6. The van der Waals surface area contributed by atoms with Crippen molar-refractivity contribution in [3.05, 3.63) is 68.8 Å². The smallest absolute Gasteiger partial charge is 0.262 e. The summed E-state index contributed by atoms with van der Waals surface area (Å²) in [6, 6.07) is 8.77. The Bertz CT molecular complexity index is 950. The summed E-state index contributed by atoms with van der Waals surface area (Å²) < 4.78 is 0. The van der Waals surface area contributed by atoms with Crippen molar-refractivity contribution in [3.8, 4) is 0 Å². The molecule has 4 rings (SSSR count). The van der Waals surface area contributed by atoms with Gasteiger partial charge in [0, 0.05) is 0 Å². The summed E-state index contributed by atoms with van der Waals surface area (Å²) >= 11 is 7.86. The molecular formula is C17H19ClN6O2S2. The maximum absolute atomic E-state index is 11.7. The second-order valence-electron chi connectivity index (χ2n) is 4.77. The van der Waals surface area contributed by atoms with Crippen molar-refractivity contribution in [1.82, 2.24) is 20.4 Å². The van der Waals surface area contributed by atoms with Gasteiger partial charge in [-0.15, -0.1) is 22.7 Å². The highest BCUT2D eigenvalue weighted by molar-refractivity contribution is 7.14. The minimum atomic E-state index is -0.375. The summed E-state index contributed by atoms with van der Waals surface area (Å²) in [7, 11) is 0. The highest BCUT2D eigenvalue weighted by Gasteiger charge is 2.14. The summed E-state index contributed by atoms with van der Waals surface area (Å²) in [6.45, 7) is 0. The molecule has 148 valence electrons. The van der Waals surface area contributed by atoms with Crippen LogP contribution in [-0.2, 0) is 0 Å². The molecule has 0 unspecified atom stereocenters. The minimum Gasteiger partial charge on any atom is -0.384 e. The monoisotopic (exact) mass is 438 g/mol. The molecule has 11 heteroatoms. The van der Waals surface area contributed by atoms with Gasteiger partial charge < -0.3 is 11.5 Å². The number of H-pyrrole nitrogens is 2. The summed E-state index contributed by atoms with van der Waals surface area (Å²) in [5.74, 6) is 0.842. The molecule has 0 saturated heterocycles. The SMILES string of the molecule is C.Nc1[nH]ncc1C(=O)c1cccs1.Nc1ccn[nH]1.O=C(Cl)c1cccs1. The zero-order valence-corrected chi connectivity index (χ0v) is 16.1. The molecule has 4 aromatic heterocycles. The average molecular weight is 439 g/mol. The largest absolute Gasteiger partial charge is 0.384 e. The molecule has 0 spiro atoms. The third kappa shape index (κ3) is 6.99. The van der Waals surface area contributed by atoms with Crippen LogP contribution in [0.4, 0.5) is 11.6 Å². The number of thiophene rings is 2. The predicted molar refractivity (Wildman–Crippen MR) is 115 cm³/mol. The van der Waals surface area contributed by atoms with Gasteiger partial charge in [-0.1, -0.05) is 19.6 Å². The quantitative estimate of drug-likeness (QED) is 0.280. The van der Waals surface area contributed by atoms with Crippen LogP contribution in [0.1, 0.15) is 32.3 Å². The Balaban J connectivity index is 0.000000225. The first-order chi connectivity index (χ1) is 13.0. The van der Waals surface area contributed by atoms with E-state index in [1.165, 1.54) is 28.9 Å². The predicted octanol–water partition coefficient (Wildman–Crippen LogP) is 4.04. The van der Waals surface area contributed by atoms with Crippen molar-refractivity contribution in [2.75, 3.05) is 11.5 Å². The maximum atomic E-state index is 11.7. The molecule has 0 aliphatic heterocycles. The van der Waals surface area contributed by atoms with E-state index in [1.807, 2.05) is 16.8 Å². The number of carbonyl (C=O) groups excluding carboxylic acids is 2. The number of rotatable bonds is 3. The Labute approximate surface area is 174 Å². The molecule has 0 aliphatic carbocycles. The Kier molecular flexibility index (Phi) is 9.65. The molecule has 8 nitrogen and oxygen atoms in total. The number of halogens is 1. The van der Waals surface area contributed by atoms with Crippen LogP contribution >= 0.6 is 34.3 Å². The fraction of sp³-hybridized carbons (Fsp3) is 0.0588. The molecule has 0 bridgehead atoms. The van der Waals surface area contributed by atoms with Crippen LogP contribution in [0.5, 0.6) is 0 Å². The molecule has 0 aliphatic rings. The number of hydrogen-bond acceptors (Lipinski definition) is 8. The number of ketones is 1. The van der Waals surface area contributed by atoms with Gasteiger partial charge in [0.05, 0.1) is 27.7 Å². The first kappa shape index (κ1) is 23.1. The number of nitrogen functional groups attached to an aromatic ring is 2. The summed E-state index contributed by atoms with van der Waals surface area (Å²) in [5.41, 5.74) is 11.1. The van der Waals surface area contributed by atoms with Crippen LogP contribution in [0, 0.1) is 0 Å². The van der Waals surface area contributed by atoms with E-state index in [0.717, 1.165) is 0 Å². The molecule has 0 atom stereocenters. The Morgan fingerprint density at radius 1 is 0.964 bits per heavy atom. The third-order valence-electron chi connectivity index (χ3n) is 2.90. The summed E-state index contributed by atoms with van der Waals surface area (Å²) in [4.78, 5) is 23.2. The second-order valence-corrected chi connectivity index (χ2v) is 7.01. The lowest BCUT2D eigenvalue weighted by atomic mass is 10.2. The van der Waals surface area contributed by atoms with Gasteiger partial charge in [-0.3, -0.25) is 19.8 Å². The van der Waals surface area contributed by atoms with E-state index in [4.69, 9.17) is 23.1 Å². The standard InChI is InChI=1S/C8H7N3OS.C5H3ClOS.C3H5N3.CH4/c9-8-5(4-10-11-8)7(12)6-2-1-3-13-6;6-5(7)4-2-1-3-8-4;4-3-1-2-5-6-3;/h1-4H,(H3,9,10,11);1-3H;1-2H,(H3,4,5,6);1H4. The highest BCUT2D eigenvalue weighted by atomic mass is 35.5. The molecule has 28 heavy (non-hydrogen) atoms. The highest BCUT2D eigenvalue weighted by Crippen LogP contribution is 2.17. The maximum Gasteiger partial charge on any atom is 0.262 e. The molecule has 4 heterocycles. The van der Waals surface area contributed by atoms with Gasteiger partial charge in [0.2, 0.25) is 5.78 Å². The van der Waals surface area contributed by atoms with Gasteiger partial charge in [-0.2, -0.15) is 10.2 Å². The van der Waals surface area contributed by atoms with Gasteiger partial charge in [-0.25, -0.2) is 0 Å². The van der Waals surface area contributed by atoms with Gasteiger partial charge in [0.15, 0.2) is 0 Å². The van der Waals surface area contributed by atoms with Crippen molar-refractivity contribution < 1.29 is 9.59 Å². The van der Waals surface area contributed by atoms with Crippen LogP contribution < -0.4 is 11.5 Å². The molecule has 6 N–H and O–H groups in total. The fourth-order valence-corrected chi connectivity index (χ4v) is 3.10. The molecule has 0 aromatic carbocycles. The third-order valence-corrected chi connectivity index (χ3v) is 4.95. The average Bonchev–Trinajstić information content (AvgIpc) is 3.43. The first-order valence-corrected chi connectivity index (χ1v) is 9.48.